The first-order chi connectivity index (χ1) is 11.1. The Hall–Kier alpha value is -1.97. The van der Waals surface area contributed by atoms with Gasteiger partial charge in [0, 0.05) is 18.6 Å². The number of nitrogens with zero attached hydrogens (tertiary/aromatic N) is 1. The molecule has 132 valence electrons. The van der Waals surface area contributed by atoms with Crippen LogP contribution < -0.4 is 4.72 Å². The maximum Gasteiger partial charge on any atom is 0.337 e. The Morgan fingerprint density at radius 2 is 1.88 bits per heavy atom. The monoisotopic (exact) mass is 356 g/mol. The highest BCUT2D eigenvalue weighted by Gasteiger charge is 2.40. The number of sulfonamides is 1. The topological polar surface area (TPSA) is 124 Å². The fourth-order valence-electron chi connectivity index (χ4n) is 2.92. The zero-order valence-electron chi connectivity index (χ0n) is 13.3. The van der Waals surface area contributed by atoms with Gasteiger partial charge in [0.05, 0.1) is 10.5 Å². The van der Waals surface area contributed by atoms with Gasteiger partial charge in [0.1, 0.15) is 6.04 Å². The summed E-state index contributed by atoms with van der Waals surface area (Å²) in [6.07, 6.45) is 0.127. The van der Waals surface area contributed by atoms with Crippen LogP contribution >= 0.6 is 0 Å². The third-order valence-corrected chi connectivity index (χ3v) is 5.60. The lowest BCUT2D eigenvalue weighted by molar-refractivity contribution is -0.142. The number of nitrogens with one attached hydrogen (secondary N) is 1. The van der Waals surface area contributed by atoms with Crippen LogP contribution in [0.4, 0.5) is 0 Å². The van der Waals surface area contributed by atoms with Crippen molar-refractivity contribution in [1.29, 1.82) is 0 Å². The van der Waals surface area contributed by atoms with Crippen LogP contribution in [0.1, 0.15) is 30.6 Å². The number of carbonyl (C=O) groups is 2. The molecule has 0 aromatic heterocycles. The Morgan fingerprint density at radius 1 is 1.25 bits per heavy atom. The first-order valence-corrected chi connectivity index (χ1v) is 8.95. The molecule has 8 nitrogen and oxygen atoms in total. The van der Waals surface area contributed by atoms with Crippen molar-refractivity contribution >= 4 is 22.0 Å². The van der Waals surface area contributed by atoms with E-state index in [4.69, 9.17) is 5.11 Å². The highest BCUT2D eigenvalue weighted by atomic mass is 32.2. The summed E-state index contributed by atoms with van der Waals surface area (Å²) in [4.78, 5) is 23.9. The fraction of sp³-hybridized carbons (Fsp3) is 0.467. The molecule has 0 amide bonds. The lowest BCUT2D eigenvalue weighted by Gasteiger charge is -2.25. The Balaban J connectivity index is 2.25. The highest BCUT2D eigenvalue weighted by Crippen LogP contribution is 2.23. The summed E-state index contributed by atoms with van der Waals surface area (Å²) in [7, 11) is -4.07. The lowest BCUT2D eigenvalue weighted by atomic mass is 10.2. The van der Waals surface area contributed by atoms with Crippen molar-refractivity contribution in [2.24, 2.45) is 0 Å². The van der Waals surface area contributed by atoms with Gasteiger partial charge in [0.25, 0.3) is 0 Å². The third-order valence-electron chi connectivity index (χ3n) is 4.02. The highest BCUT2D eigenvalue weighted by molar-refractivity contribution is 7.89. The number of aromatic carboxylic acids is 1. The molecule has 24 heavy (non-hydrogen) atoms. The summed E-state index contributed by atoms with van der Waals surface area (Å²) in [5.74, 6) is -2.34. The van der Waals surface area contributed by atoms with Gasteiger partial charge in [-0.15, -0.1) is 0 Å². The maximum atomic E-state index is 12.5. The van der Waals surface area contributed by atoms with Gasteiger partial charge in [-0.3, -0.25) is 9.69 Å². The van der Waals surface area contributed by atoms with Gasteiger partial charge in [-0.05, 0) is 32.4 Å². The zero-order chi connectivity index (χ0) is 18.1. The molecule has 1 saturated heterocycles. The van der Waals surface area contributed by atoms with Crippen molar-refractivity contribution in [2.45, 2.75) is 43.3 Å². The summed E-state index contributed by atoms with van der Waals surface area (Å²) in [6, 6.07) is 3.90. The second kappa shape index (κ2) is 6.88. The van der Waals surface area contributed by atoms with Crippen molar-refractivity contribution in [2.75, 3.05) is 6.54 Å². The van der Waals surface area contributed by atoms with E-state index in [1.807, 2.05) is 13.8 Å². The van der Waals surface area contributed by atoms with E-state index in [-0.39, 0.29) is 29.5 Å². The minimum absolute atomic E-state index is 0.0492. The van der Waals surface area contributed by atoms with Crippen LogP contribution in [0.25, 0.3) is 0 Å². The summed E-state index contributed by atoms with van der Waals surface area (Å²) < 4.78 is 27.5. The zero-order valence-corrected chi connectivity index (χ0v) is 14.2. The predicted molar refractivity (Wildman–Crippen MR) is 85.4 cm³/mol. The lowest BCUT2D eigenvalue weighted by Crippen LogP contribution is -2.41. The molecule has 2 rings (SSSR count). The van der Waals surface area contributed by atoms with Gasteiger partial charge >= 0.3 is 11.9 Å². The van der Waals surface area contributed by atoms with Crippen LogP contribution in [0.2, 0.25) is 0 Å². The SMILES string of the molecule is CC(C)N1C[C@H](NS(=O)(=O)c2ccccc2C(=O)O)C[C@H]1C(=O)O. The van der Waals surface area contributed by atoms with E-state index in [0.717, 1.165) is 0 Å². The average Bonchev–Trinajstić information content (AvgIpc) is 2.91. The van der Waals surface area contributed by atoms with E-state index in [0.29, 0.717) is 0 Å². The normalized spacial score (nSPS) is 22.0. The largest absolute Gasteiger partial charge is 0.480 e. The number of carboxylic acids is 2. The molecule has 1 fully saturated rings. The van der Waals surface area contributed by atoms with Gasteiger partial charge < -0.3 is 10.2 Å². The Morgan fingerprint density at radius 3 is 2.38 bits per heavy atom. The van der Waals surface area contributed by atoms with E-state index in [1.54, 1.807) is 4.90 Å². The Bertz CT molecular complexity index is 746. The van der Waals surface area contributed by atoms with Gasteiger partial charge in [-0.1, -0.05) is 12.1 Å². The first-order valence-electron chi connectivity index (χ1n) is 7.46. The van der Waals surface area contributed by atoms with Crippen molar-refractivity contribution in [3.05, 3.63) is 29.8 Å². The minimum atomic E-state index is -4.07. The number of carboxylic acid groups (broad SMARTS) is 2. The Labute approximate surface area is 140 Å². The van der Waals surface area contributed by atoms with Crippen LogP contribution in [-0.4, -0.2) is 60.1 Å². The van der Waals surface area contributed by atoms with E-state index in [2.05, 4.69) is 4.72 Å². The standard InChI is InChI=1S/C15H20N2O6S/c1-9(2)17-8-10(7-12(17)15(20)21)16-24(22,23)13-6-4-3-5-11(13)14(18)19/h3-6,9-10,12,16H,7-8H2,1-2H3,(H,18,19)(H,20,21)/t10-,12+/m1/s1. The molecule has 2 atom stereocenters. The van der Waals surface area contributed by atoms with E-state index in [1.165, 1.54) is 24.3 Å². The summed E-state index contributed by atoms with van der Waals surface area (Å²) in [5.41, 5.74) is -0.321. The summed E-state index contributed by atoms with van der Waals surface area (Å²) in [6.45, 7) is 3.93. The fourth-order valence-corrected chi connectivity index (χ4v) is 4.36. The second-order valence-electron chi connectivity index (χ2n) is 6.00. The number of likely N-dealkylation sites (tertiary alicyclic amines) is 1. The van der Waals surface area contributed by atoms with Gasteiger partial charge in [0.2, 0.25) is 10.0 Å². The molecule has 0 radical (unpaired) electrons. The van der Waals surface area contributed by atoms with Gasteiger partial charge in [0.15, 0.2) is 0 Å². The minimum Gasteiger partial charge on any atom is -0.480 e. The van der Waals surface area contributed by atoms with Gasteiger partial charge in [-0.25, -0.2) is 17.9 Å². The molecule has 0 saturated carbocycles. The third kappa shape index (κ3) is 3.74. The van der Waals surface area contributed by atoms with E-state index < -0.39 is 34.0 Å². The summed E-state index contributed by atoms with van der Waals surface area (Å²) >= 11 is 0. The van der Waals surface area contributed by atoms with Crippen LogP contribution in [0.3, 0.4) is 0 Å². The van der Waals surface area contributed by atoms with Crippen LogP contribution in [0, 0.1) is 0 Å². The Kier molecular flexibility index (Phi) is 5.26. The van der Waals surface area contributed by atoms with Gasteiger partial charge in [-0.2, -0.15) is 0 Å². The van der Waals surface area contributed by atoms with Crippen molar-refractivity contribution in [1.82, 2.24) is 9.62 Å². The number of rotatable bonds is 6. The number of hydrogen-bond acceptors (Lipinski definition) is 5. The van der Waals surface area contributed by atoms with E-state index in [9.17, 15) is 23.1 Å². The second-order valence-corrected chi connectivity index (χ2v) is 7.68. The maximum absolute atomic E-state index is 12.5. The van der Waals surface area contributed by atoms with Crippen molar-refractivity contribution in [3.8, 4) is 0 Å². The first kappa shape index (κ1) is 18.4. The number of benzene rings is 1. The molecule has 0 spiro atoms. The number of hydrogen-bond donors (Lipinski definition) is 3. The molecule has 0 aliphatic carbocycles. The molecule has 3 N–H and O–H groups in total. The van der Waals surface area contributed by atoms with Crippen LogP contribution in [0.15, 0.2) is 29.2 Å². The molecule has 1 aromatic rings. The smallest absolute Gasteiger partial charge is 0.337 e. The van der Waals surface area contributed by atoms with Crippen LogP contribution in [0.5, 0.6) is 0 Å². The molecular weight excluding hydrogens is 336 g/mol. The quantitative estimate of drug-likeness (QED) is 0.682. The molecule has 1 heterocycles. The molecule has 0 unspecified atom stereocenters. The summed E-state index contributed by atoms with van der Waals surface area (Å²) in [5, 5.41) is 18.4. The molecule has 1 aromatic carbocycles. The molecule has 0 bridgehead atoms. The molecule has 9 heteroatoms. The van der Waals surface area contributed by atoms with Crippen LogP contribution in [-0.2, 0) is 14.8 Å². The molecule has 1 aliphatic rings. The van der Waals surface area contributed by atoms with Crippen molar-refractivity contribution < 1.29 is 28.2 Å². The predicted octanol–water partition coefficient (Wildman–Crippen LogP) is 0.599. The molecular formula is C15H20N2O6S. The number of aliphatic carboxylic acids is 1. The van der Waals surface area contributed by atoms with E-state index >= 15 is 0 Å². The van der Waals surface area contributed by atoms with Crippen molar-refractivity contribution in [3.63, 3.8) is 0 Å². The molecule has 1 aliphatic heterocycles. The average molecular weight is 356 g/mol.